The lowest BCUT2D eigenvalue weighted by atomic mass is 9.98. The largest absolute Gasteiger partial charge is 0.301 e. The Bertz CT molecular complexity index is 373. The van der Waals surface area contributed by atoms with Crippen LogP contribution in [-0.4, -0.2) is 60.1 Å². The van der Waals surface area contributed by atoms with Crippen molar-refractivity contribution in [3.05, 3.63) is 0 Å². The highest BCUT2D eigenvalue weighted by molar-refractivity contribution is 5.15. The molecular formula is C15H26N4. The SMILES string of the molecule is CC1CN(C2CCC(C#N)(NC3CC3)C2)CCN1C. The minimum absolute atomic E-state index is 0.224. The van der Waals surface area contributed by atoms with E-state index in [-0.39, 0.29) is 5.54 Å². The molecule has 3 unspecified atom stereocenters. The maximum absolute atomic E-state index is 9.56. The van der Waals surface area contributed by atoms with Crippen LogP contribution >= 0.6 is 0 Å². The molecule has 0 radical (unpaired) electrons. The van der Waals surface area contributed by atoms with Crippen molar-refractivity contribution in [2.45, 2.75) is 62.7 Å². The molecule has 2 aliphatic carbocycles. The summed E-state index contributed by atoms with van der Waals surface area (Å²) >= 11 is 0. The van der Waals surface area contributed by atoms with Gasteiger partial charge in [-0.25, -0.2) is 0 Å². The molecule has 0 aromatic carbocycles. The standard InChI is InChI=1S/C15H26N4/c1-12-10-19(8-7-18(12)2)14-5-6-15(9-14,11-16)17-13-3-4-13/h12-14,17H,3-10H2,1-2H3. The zero-order chi connectivity index (χ0) is 13.5. The zero-order valence-electron chi connectivity index (χ0n) is 12.2. The van der Waals surface area contributed by atoms with E-state index in [0.717, 1.165) is 32.5 Å². The third-order valence-electron chi connectivity index (χ3n) is 5.27. The molecule has 1 N–H and O–H groups in total. The van der Waals surface area contributed by atoms with Crippen molar-refractivity contribution in [3.63, 3.8) is 0 Å². The Morgan fingerprint density at radius 1 is 1.26 bits per heavy atom. The maximum atomic E-state index is 9.56. The molecule has 3 aliphatic rings. The molecule has 0 aromatic rings. The molecule has 3 atom stereocenters. The van der Waals surface area contributed by atoms with Crippen LogP contribution in [0.2, 0.25) is 0 Å². The molecule has 0 bridgehead atoms. The number of hydrogen-bond acceptors (Lipinski definition) is 4. The van der Waals surface area contributed by atoms with Crippen molar-refractivity contribution in [2.24, 2.45) is 0 Å². The van der Waals surface area contributed by atoms with Gasteiger partial charge in [-0.3, -0.25) is 10.2 Å². The van der Waals surface area contributed by atoms with Gasteiger partial charge in [-0.2, -0.15) is 5.26 Å². The molecule has 3 fully saturated rings. The van der Waals surface area contributed by atoms with Gasteiger partial charge in [-0.05, 0) is 46.1 Å². The second kappa shape index (κ2) is 5.05. The van der Waals surface area contributed by atoms with E-state index < -0.39 is 0 Å². The van der Waals surface area contributed by atoms with E-state index in [1.807, 2.05) is 0 Å². The first-order chi connectivity index (χ1) is 9.12. The molecule has 0 aromatic heterocycles. The highest BCUT2D eigenvalue weighted by Gasteiger charge is 2.45. The van der Waals surface area contributed by atoms with Crippen LogP contribution in [0.25, 0.3) is 0 Å². The van der Waals surface area contributed by atoms with Crippen LogP contribution in [0.15, 0.2) is 0 Å². The van der Waals surface area contributed by atoms with Crippen molar-refractivity contribution in [1.82, 2.24) is 15.1 Å². The number of rotatable bonds is 3. The van der Waals surface area contributed by atoms with E-state index in [1.165, 1.54) is 19.3 Å². The average molecular weight is 262 g/mol. The first kappa shape index (κ1) is 13.4. The summed E-state index contributed by atoms with van der Waals surface area (Å²) in [4.78, 5) is 5.06. The van der Waals surface area contributed by atoms with E-state index in [2.05, 4.69) is 35.2 Å². The van der Waals surface area contributed by atoms with Crippen molar-refractivity contribution >= 4 is 0 Å². The van der Waals surface area contributed by atoms with Gasteiger partial charge < -0.3 is 4.90 Å². The minimum atomic E-state index is -0.224. The van der Waals surface area contributed by atoms with Gasteiger partial charge in [-0.1, -0.05) is 0 Å². The van der Waals surface area contributed by atoms with Crippen LogP contribution in [0.3, 0.4) is 0 Å². The van der Waals surface area contributed by atoms with Crippen LogP contribution in [0.1, 0.15) is 39.0 Å². The van der Waals surface area contributed by atoms with E-state index in [9.17, 15) is 5.26 Å². The van der Waals surface area contributed by atoms with Gasteiger partial charge in [0, 0.05) is 37.8 Å². The van der Waals surface area contributed by atoms with Crippen LogP contribution in [0.4, 0.5) is 0 Å². The van der Waals surface area contributed by atoms with Crippen molar-refractivity contribution in [1.29, 1.82) is 5.26 Å². The third-order valence-corrected chi connectivity index (χ3v) is 5.27. The number of piperazine rings is 1. The van der Waals surface area contributed by atoms with Crippen LogP contribution < -0.4 is 5.32 Å². The number of nitrogens with zero attached hydrogens (tertiary/aromatic N) is 3. The molecule has 0 amide bonds. The van der Waals surface area contributed by atoms with E-state index in [4.69, 9.17) is 0 Å². The highest BCUT2D eigenvalue weighted by Crippen LogP contribution is 2.36. The lowest BCUT2D eigenvalue weighted by molar-refractivity contribution is 0.0719. The second-order valence-corrected chi connectivity index (χ2v) is 6.83. The number of nitriles is 1. The average Bonchev–Trinajstić information content (AvgIpc) is 3.11. The molecule has 4 nitrogen and oxygen atoms in total. The van der Waals surface area contributed by atoms with Gasteiger partial charge in [0.25, 0.3) is 0 Å². The van der Waals surface area contributed by atoms with Gasteiger partial charge in [0.15, 0.2) is 0 Å². The molecule has 1 saturated heterocycles. The summed E-state index contributed by atoms with van der Waals surface area (Å²) in [5.41, 5.74) is -0.224. The Morgan fingerprint density at radius 3 is 2.68 bits per heavy atom. The summed E-state index contributed by atoms with van der Waals surface area (Å²) in [6, 6.07) is 4.47. The maximum Gasteiger partial charge on any atom is 0.108 e. The fourth-order valence-electron chi connectivity index (χ4n) is 3.62. The highest BCUT2D eigenvalue weighted by atomic mass is 15.3. The fraction of sp³-hybridized carbons (Fsp3) is 0.933. The Balaban J connectivity index is 1.60. The molecule has 106 valence electrons. The number of likely N-dealkylation sites (N-methyl/N-ethyl adjacent to an activating group) is 1. The van der Waals surface area contributed by atoms with Gasteiger partial charge >= 0.3 is 0 Å². The lowest BCUT2D eigenvalue weighted by Crippen LogP contribution is -2.53. The quantitative estimate of drug-likeness (QED) is 0.829. The molecule has 3 rings (SSSR count). The Labute approximate surface area is 116 Å². The molecule has 1 heterocycles. The molecule has 19 heavy (non-hydrogen) atoms. The first-order valence-corrected chi connectivity index (χ1v) is 7.75. The van der Waals surface area contributed by atoms with Crippen LogP contribution in [0, 0.1) is 11.3 Å². The molecule has 1 aliphatic heterocycles. The summed E-state index contributed by atoms with van der Waals surface area (Å²) in [6.45, 7) is 5.79. The van der Waals surface area contributed by atoms with Crippen molar-refractivity contribution in [3.8, 4) is 6.07 Å². The predicted octanol–water partition coefficient (Wildman–Crippen LogP) is 1.19. The van der Waals surface area contributed by atoms with Crippen LogP contribution in [0.5, 0.6) is 0 Å². The fourth-order valence-corrected chi connectivity index (χ4v) is 3.62. The number of hydrogen-bond donors (Lipinski definition) is 1. The summed E-state index contributed by atoms with van der Waals surface area (Å²) < 4.78 is 0. The summed E-state index contributed by atoms with van der Waals surface area (Å²) in [6.07, 6.45) is 5.77. The Kier molecular flexibility index (Phi) is 3.55. The molecule has 2 saturated carbocycles. The normalized spacial score (nSPS) is 41.3. The van der Waals surface area contributed by atoms with Gasteiger partial charge in [0.1, 0.15) is 5.54 Å². The van der Waals surface area contributed by atoms with E-state index >= 15 is 0 Å². The van der Waals surface area contributed by atoms with Crippen LogP contribution in [-0.2, 0) is 0 Å². The van der Waals surface area contributed by atoms with Gasteiger partial charge in [0.05, 0.1) is 6.07 Å². The molecule has 4 heteroatoms. The monoisotopic (exact) mass is 262 g/mol. The molecule has 0 spiro atoms. The Hall–Kier alpha value is -0.630. The molecular weight excluding hydrogens is 236 g/mol. The third kappa shape index (κ3) is 2.79. The smallest absolute Gasteiger partial charge is 0.108 e. The predicted molar refractivity (Wildman–Crippen MR) is 75.8 cm³/mol. The van der Waals surface area contributed by atoms with E-state index in [0.29, 0.717) is 18.1 Å². The topological polar surface area (TPSA) is 42.3 Å². The second-order valence-electron chi connectivity index (χ2n) is 6.83. The summed E-state index contributed by atoms with van der Waals surface area (Å²) in [5.74, 6) is 0. The zero-order valence-corrected chi connectivity index (χ0v) is 12.2. The number of nitrogens with one attached hydrogen (secondary N) is 1. The summed E-state index contributed by atoms with van der Waals surface area (Å²) in [5, 5.41) is 13.2. The first-order valence-electron chi connectivity index (χ1n) is 7.75. The van der Waals surface area contributed by atoms with Crippen molar-refractivity contribution in [2.75, 3.05) is 26.7 Å². The Morgan fingerprint density at radius 2 is 2.05 bits per heavy atom. The van der Waals surface area contributed by atoms with Gasteiger partial charge in [0.2, 0.25) is 0 Å². The van der Waals surface area contributed by atoms with E-state index in [1.54, 1.807) is 0 Å². The summed E-state index contributed by atoms with van der Waals surface area (Å²) in [7, 11) is 2.21. The van der Waals surface area contributed by atoms with Crippen molar-refractivity contribution < 1.29 is 0 Å². The van der Waals surface area contributed by atoms with Gasteiger partial charge in [-0.15, -0.1) is 0 Å². The lowest BCUT2D eigenvalue weighted by Gasteiger charge is -2.41. The minimum Gasteiger partial charge on any atom is -0.301 e.